The molecule has 172 valence electrons. The second kappa shape index (κ2) is 9.02. The molecule has 2 amide bonds. The van der Waals surface area contributed by atoms with Crippen LogP contribution in [0.15, 0.2) is 35.2 Å². The van der Waals surface area contributed by atoms with Crippen molar-refractivity contribution in [3.8, 4) is 11.5 Å². The van der Waals surface area contributed by atoms with Crippen LogP contribution in [0.2, 0.25) is 0 Å². The zero-order chi connectivity index (χ0) is 22.8. The van der Waals surface area contributed by atoms with E-state index in [1.165, 1.54) is 19.1 Å². The predicted octanol–water partition coefficient (Wildman–Crippen LogP) is 2.46. The fraction of sp³-hybridized carbons (Fsp3) is 0.409. The summed E-state index contributed by atoms with van der Waals surface area (Å²) in [5, 5.41) is 10.3. The van der Waals surface area contributed by atoms with Crippen molar-refractivity contribution in [3.05, 3.63) is 42.2 Å². The molecule has 2 aliphatic rings. The number of pyridine rings is 1. The summed E-state index contributed by atoms with van der Waals surface area (Å²) in [6.45, 7) is 2.12. The first-order chi connectivity index (χ1) is 16.1. The monoisotopic (exact) mass is 451 g/mol. The number of amides is 2. The van der Waals surface area contributed by atoms with E-state index in [-0.39, 0.29) is 23.1 Å². The summed E-state index contributed by atoms with van der Waals surface area (Å²) in [5.41, 5.74) is 6.48. The fourth-order valence-electron chi connectivity index (χ4n) is 3.73. The third-order valence-electron chi connectivity index (χ3n) is 5.79. The van der Waals surface area contributed by atoms with E-state index in [2.05, 4.69) is 25.7 Å². The molecule has 4 heterocycles. The molecule has 5 rings (SSSR count). The van der Waals surface area contributed by atoms with Gasteiger partial charge in [0.2, 0.25) is 5.89 Å². The van der Waals surface area contributed by atoms with Gasteiger partial charge in [-0.25, -0.2) is 9.97 Å². The molecular weight excluding hydrogens is 426 g/mol. The number of rotatable bonds is 8. The number of carbonyl (C=O) groups excluding carboxylic acids is 2. The Morgan fingerprint density at radius 3 is 2.79 bits per heavy atom. The SMILES string of the molecule is NC(=O)c1nn(C2CCOCC2)cc1NC(=O)c1coc(-c2ccnc(NCC3CC3)c2)n1. The van der Waals surface area contributed by atoms with Gasteiger partial charge in [-0.1, -0.05) is 0 Å². The molecule has 33 heavy (non-hydrogen) atoms. The number of nitrogens with zero attached hydrogens (tertiary/aromatic N) is 4. The number of anilines is 2. The van der Waals surface area contributed by atoms with Gasteiger partial charge in [0.25, 0.3) is 11.8 Å². The van der Waals surface area contributed by atoms with Gasteiger partial charge < -0.3 is 25.5 Å². The van der Waals surface area contributed by atoms with Crippen LogP contribution in [0, 0.1) is 5.92 Å². The molecule has 0 spiro atoms. The van der Waals surface area contributed by atoms with Crippen LogP contribution >= 0.6 is 0 Å². The van der Waals surface area contributed by atoms with Gasteiger partial charge in [0, 0.05) is 37.7 Å². The zero-order valence-electron chi connectivity index (χ0n) is 18.0. The Hall–Kier alpha value is -3.73. The van der Waals surface area contributed by atoms with Crippen molar-refractivity contribution in [1.82, 2.24) is 19.7 Å². The third kappa shape index (κ3) is 4.87. The Bertz CT molecular complexity index is 1160. The molecule has 1 saturated carbocycles. The molecule has 11 heteroatoms. The Kier molecular flexibility index (Phi) is 5.78. The number of hydrogen-bond donors (Lipinski definition) is 3. The highest BCUT2D eigenvalue weighted by Crippen LogP contribution is 2.29. The van der Waals surface area contributed by atoms with Gasteiger partial charge in [-0.2, -0.15) is 5.10 Å². The Labute approximate surface area is 189 Å². The molecule has 1 saturated heterocycles. The number of nitrogens with two attached hydrogens (primary N) is 1. The van der Waals surface area contributed by atoms with Crippen molar-refractivity contribution in [2.75, 3.05) is 30.4 Å². The van der Waals surface area contributed by atoms with Crippen LogP contribution in [0.5, 0.6) is 0 Å². The molecule has 1 aliphatic carbocycles. The molecule has 3 aromatic rings. The molecule has 2 fully saturated rings. The van der Waals surface area contributed by atoms with Gasteiger partial charge in [-0.3, -0.25) is 14.3 Å². The van der Waals surface area contributed by atoms with Gasteiger partial charge in [-0.15, -0.1) is 0 Å². The molecule has 0 atom stereocenters. The van der Waals surface area contributed by atoms with Gasteiger partial charge in [-0.05, 0) is 43.7 Å². The topological polar surface area (TPSA) is 150 Å². The van der Waals surface area contributed by atoms with Crippen molar-refractivity contribution < 1.29 is 18.7 Å². The lowest BCUT2D eigenvalue weighted by Crippen LogP contribution is -2.21. The van der Waals surface area contributed by atoms with E-state index in [4.69, 9.17) is 14.9 Å². The van der Waals surface area contributed by atoms with Crippen molar-refractivity contribution >= 4 is 23.3 Å². The molecule has 0 bridgehead atoms. The maximum absolute atomic E-state index is 12.8. The number of aromatic nitrogens is 4. The van der Waals surface area contributed by atoms with E-state index >= 15 is 0 Å². The molecule has 0 radical (unpaired) electrons. The van der Waals surface area contributed by atoms with E-state index in [0.717, 1.165) is 25.2 Å². The van der Waals surface area contributed by atoms with Crippen LogP contribution in [0.3, 0.4) is 0 Å². The summed E-state index contributed by atoms with van der Waals surface area (Å²) >= 11 is 0. The predicted molar refractivity (Wildman–Crippen MR) is 119 cm³/mol. The van der Waals surface area contributed by atoms with E-state index < -0.39 is 11.8 Å². The first kappa shape index (κ1) is 21.1. The summed E-state index contributed by atoms with van der Waals surface area (Å²) in [7, 11) is 0. The van der Waals surface area contributed by atoms with Crippen molar-refractivity contribution in [2.24, 2.45) is 11.7 Å². The number of carbonyl (C=O) groups is 2. The van der Waals surface area contributed by atoms with Gasteiger partial charge in [0.05, 0.1) is 11.7 Å². The van der Waals surface area contributed by atoms with E-state index in [0.29, 0.717) is 30.6 Å². The maximum Gasteiger partial charge on any atom is 0.277 e. The zero-order valence-corrected chi connectivity index (χ0v) is 18.0. The molecule has 1 aliphatic heterocycles. The maximum atomic E-state index is 12.8. The summed E-state index contributed by atoms with van der Waals surface area (Å²) in [6, 6.07) is 3.67. The van der Waals surface area contributed by atoms with E-state index in [1.54, 1.807) is 23.1 Å². The third-order valence-corrected chi connectivity index (χ3v) is 5.79. The van der Waals surface area contributed by atoms with Gasteiger partial charge >= 0.3 is 0 Å². The minimum absolute atomic E-state index is 0.000858. The summed E-state index contributed by atoms with van der Waals surface area (Å²) < 4.78 is 12.6. The Morgan fingerprint density at radius 2 is 2.03 bits per heavy atom. The number of ether oxygens (including phenoxy) is 1. The molecular formula is C22H25N7O4. The van der Waals surface area contributed by atoms with Crippen LogP contribution < -0.4 is 16.4 Å². The highest BCUT2D eigenvalue weighted by molar-refractivity contribution is 6.07. The van der Waals surface area contributed by atoms with Crippen LogP contribution in [0.4, 0.5) is 11.5 Å². The minimum atomic E-state index is -0.722. The Balaban J connectivity index is 1.30. The molecule has 11 nitrogen and oxygen atoms in total. The molecule has 4 N–H and O–H groups in total. The second-order valence-corrected chi connectivity index (χ2v) is 8.33. The number of hydrogen-bond acceptors (Lipinski definition) is 8. The van der Waals surface area contributed by atoms with Gasteiger partial charge in [0.15, 0.2) is 11.4 Å². The standard InChI is InChI=1S/C22H25N7O4/c23-20(30)19-16(11-29(28-19)15-4-7-32-8-5-15)26-21(31)17-12-33-22(27-17)14-3-6-24-18(9-14)25-10-13-1-2-13/h3,6,9,11-13,15H,1-2,4-5,7-8,10H2,(H2,23,30)(H,24,25)(H,26,31). The normalized spacial score (nSPS) is 16.5. The first-order valence-electron chi connectivity index (χ1n) is 11.0. The molecule has 0 unspecified atom stereocenters. The summed E-state index contributed by atoms with van der Waals surface area (Å²) in [5.74, 6) is 0.494. The average molecular weight is 451 g/mol. The smallest absolute Gasteiger partial charge is 0.277 e. The largest absolute Gasteiger partial charge is 0.444 e. The van der Waals surface area contributed by atoms with Crippen LogP contribution in [0.25, 0.3) is 11.5 Å². The lowest BCUT2D eigenvalue weighted by Gasteiger charge is -2.22. The fourth-order valence-corrected chi connectivity index (χ4v) is 3.73. The van der Waals surface area contributed by atoms with Crippen LogP contribution in [-0.2, 0) is 4.74 Å². The average Bonchev–Trinajstić information content (AvgIpc) is 3.35. The lowest BCUT2D eigenvalue weighted by atomic mass is 10.1. The Morgan fingerprint density at radius 1 is 1.21 bits per heavy atom. The molecule has 3 aromatic heterocycles. The quantitative estimate of drug-likeness (QED) is 0.473. The second-order valence-electron chi connectivity index (χ2n) is 8.33. The summed E-state index contributed by atoms with van der Waals surface area (Å²) in [6.07, 6.45) is 8.59. The van der Waals surface area contributed by atoms with Crippen LogP contribution in [0.1, 0.15) is 52.7 Å². The minimum Gasteiger partial charge on any atom is -0.444 e. The first-order valence-corrected chi connectivity index (χ1v) is 11.0. The lowest BCUT2D eigenvalue weighted by molar-refractivity contribution is 0.0661. The number of oxazole rings is 1. The van der Waals surface area contributed by atoms with Crippen molar-refractivity contribution in [1.29, 1.82) is 0 Å². The highest BCUT2D eigenvalue weighted by atomic mass is 16.5. The van der Waals surface area contributed by atoms with Crippen molar-refractivity contribution in [3.63, 3.8) is 0 Å². The van der Waals surface area contributed by atoms with Crippen LogP contribution in [-0.4, -0.2) is 51.3 Å². The number of primary amides is 1. The highest BCUT2D eigenvalue weighted by Gasteiger charge is 2.24. The molecule has 0 aromatic carbocycles. The van der Waals surface area contributed by atoms with Gasteiger partial charge in [0.1, 0.15) is 12.1 Å². The summed E-state index contributed by atoms with van der Waals surface area (Å²) in [4.78, 5) is 33.3. The van der Waals surface area contributed by atoms with Crippen molar-refractivity contribution in [2.45, 2.75) is 31.7 Å². The van der Waals surface area contributed by atoms with E-state index in [9.17, 15) is 9.59 Å². The number of nitrogens with one attached hydrogen (secondary N) is 2. The van der Waals surface area contributed by atoms with E-state index in [1.807, 2.05) is 6.07 Å².